The van der Waals surface area contributed by atoms with E-state index in [2.05, 4.69) is 32.7 Å². The van der Waals surface area contributed by atoms with Crippen molar-refractivity contribution in [3.8, 4) is 0 Å². The largest absolute Gasteiger partial charge is 0.300 e. The lowest BCUT2D eigenvalue weighted by Crippen LogP contribution is -2.47. The van der Waals surface area contributed by atoms with E-state index in [1.165, 1.54) is 17.7 Å². The topological polar surface area (TPSA) is 85.6 Å². The molecule has 0 aromatic carbocycles. The molecular weight excluding hydrogens is 300 g/mol. The summed E-state index contributed by atoms with van der Waals surface area (Å²) in [6.07, 6.45) is 7.08. The molecule has 0 bridgehead atoms. The number of carbonyl (C=O) groups excluding carboxylic acids is 1. The number of aryl methyl sites for hydroxylation is 2. The summed E-state index contributed by atoms with van der Waals surface area (Å²) in [4.78, 5) is 18.6. The second-order valence-corrected chi connectivity index (χ2v) is 6.88. The summed E-state index contributed by atoms with van der Waals surface area (Å²) in [5.74, 6) is -0.0593. The maximum absolute atomic E-state index is 12.9. The predicted molar refractivity (Wildman–Crippen MR) is 83.7 cm³/mol. The predicted octanol–water partition coefficient (Wildman–Crippen LogP) is 2.30. The summed E-state index contributed by atoms with van der Waals surface area (Å²) >= 11 is 1.52. The highest BCUT2D eigenvalue weighted by atomic mass is 32.1. The molecule has 1 N–H and O–H groups in total. The number of nitrogens with zero attached hydrogens (tertiary/aromatic N) is 5. The molecule has 3 rings (SSSR count). The van der Waals surface area contributed by atoms with Gasteiger partial charge in [-0.05, 0) is 36.6 Å². The maximum atomic E-state index is 12.9. The van der Waals surface area contributed by atoms with E-state index in [-0.39, 0.29) is 5.91 Å². The zero-order valence-electron chi connectivity index (χ0n) is 12.9. The SMILES string of the molecule is CCc1nc(NC(=O)C2(n3cnnn3)CCCCC2)sc1C. The van der Waals surface area contributed by atoms with Crippen molar-refractivity contribution in [1.29, 1.82) is 0 Å². The number of anilines is 1. The maximum Gasteiger partial charge on any atom is 0.254 e. The van der Waals surface area contributed by atoms with Crippen molar-refractivity contribution in [2.75, 3.05) is 5.32 Å². The molecule has 2 aromatic heterocycles. The van der Waals surface area contributed by atoms with Crippen LogP contribution in [0.1, 0.15) is 49.6 Å². The van der Waals surface area contributed by atoms with Gasteiger partial charge in [-0.15, -0.1) is 16.4 Å². The van der Waals surface area contributed by atoms with Crippen LogP contribution in [0.5, 0.6) is 0 Å². The normalized spacial score (nSPS) is 17.4. The van der Waals surface area contributed by atoms with Gasteiger partial charge in [-0.25, -0.2) is 9.67 Å². The molecule has 22 heavy (non-hydrogen) atoms. The lowest BCUT2D eigenvalue weighted by atomic mass is 9.81. The number of aromatic nitrogens is 5. The summed E-state index contributed by atoms with van der Waals surface area (Å²) in [5.41, 5.74) is 0.355. The third kappa shape index (κ3) is 2.63. The van der Waals surface area contributed by atoms with Gasteiger partial charge in [-0.1, -0.05) is 26.2 Å². The molecule has 1 aliphatic rings. The first kappa shape index (κ1) is 15.1. The van der Waals surface area contributed by atoms with Gasteiger partial charge in [0.2, 0.25) is 0 Å². The second-order valence-electron chi connectivity index (χ2n) is 5.68. The molecule has 0 saturated heterocycles. The standard InChI is InChI=1S/C14H20N6OS/c1-3-11-10(2)22-13(16-11)17-12(21)14(7-5-4-6-8-14)20-9-15-18-19-20/h9H,3-8H2,1-2H3,(H,16,17,21). The number of thiazole rings is 1. The van der Waals surface area contributed by atoms with Crippen LogP contribution in [0.25, 0.3) is 0 Å². The van der Waals surface area contributed by atoms with Crippen LogP contribution in [0.3, 0.4) is 0 Å². The van der Waals surface area contributed by atoms with Gasteiger partial charge in [-0.2, -0.15) is 0 Å². The summed E-state index contributed by atoms with van der Waals surface area (Å²) in [7, 11) is 0. The Morgan fingerprint density at radius 3 is 2.77 bits per heavy atom. The molecular formula is C14H20N6OS. The number of amides is 1. The van der Waals surface area contributed by atoms with Crippen LogP contribution in [-0.4, -0.2) is 31.1 Å². The number of rotatable bonds is 4. The average molecular weight is 320 g/mol. The third-order valence-electron chi connectivity index (χ3n) is 4.34. The van der Waals surface area contributed by atoms with Gasteiger partial charge < -0.3 is 0 Å². The van der Waals surface area contributed by atoms with Crippen molar-refractivity contribution in [1.82, 2.24) is 25.2 Å². The molecule has 1 saturated carbocycles. The molecule has 8 heteroatoms. The molecule has 0 aliphatic heterocycles. The molecule has 2 aromatic rings. The van der Waals surface area contributed by atoms with Gasteiger partial charge in [0.05, 0.1) is 5.69 Å². The molecule has 0 atom stereocenters. The number of tetrazole rings is 1. The third-order valence-corrected chi connectivity index (χ3v) is 5.27. The highest BCUT2D eigenvalue weighted by Gasteiger charge is 2.43. The molecule has 0 radical (unpaired) electrons. The van der Waals surface area contributed by atoms with Crippen molar-refractivity contribution in [3.63, 3.8) is 0 Å². The minimum atomic E-state index is -0.687. The van der Waals surface area contributed by atoms with E-state index in [1.807, 2.05) is 6.92 Å². The van der Waals surface area contributed by atoms with Gasteiger partial charge in [0, 0.05) is 4.88 Å². The lowest BCUT2D eigenvalue weighted by molar-refractivity contribution is -0.126. The van der Waals surface area contributed by atoms with Crippen LogP contribution in [-0.2, 0) is 16.8 Å². The molecule has 0 unspecified atom stereocenters. The van der Waals surface area contributed by atoms with Crippen molar-refractivity contribution < 1.29 is 4.79 Å². The second kappa shape index (κ2) is 6.12. The first-order chi connectivity index (χ1) is 10.7. The Bertz CT molecular complexity index is 644. The highest BCUT2D eigenvalue weighted by molar-refractivity contribution is 7.15. The molecule has 0 spiro atoms. The van der Waals surface area contributed by atoms with E-state index in [4.69, 9.17) is 0 Å². The fraction of sp³-hybridized carbons (Fsp3) is 0.643. The van der Waals surface area contributed by atoms with Gasteiger partial charge in [0.1, 0.15) is 11.9 Å². The number of hydrogen-bond donors (Lipinski definition) is 1. The molecule has 7 nitrogen and oxygen atoms in total. The molecule has 118 valence electrons. The van der Waals surface area contributed by atoms with Crippen LogP contribution < -0.4 is 5.32 Å². The van der Waals surface area contributed by atoms with E-state index >= 15 is 0 Å². The number of nitrogens with one attached hydrogen (secondary N) is 1. The summed E-state index contributed by atoms with van der Waals surface area (Å²) in [5, 5.41) is 15.0. The Morgan fingerprint density at radius 2 is 2.18 bits per heavy atom. The van der Waals surface area contributed by atoms with Crippen LogP contribution in [0.15, 0.2) is 6.33 Å². The Hall–Kier alpha value is -1.83. The van der Waals surface area contributed by atoms with E-state index in [0.29, 0.717) is 5.13 Å². The van der Waals surface area contributed by atoms with Gasteiger partial charge >= 0.3 is 0 Å². The monoisotopic (exact) mass is 320 g/mol. The first-order valence-electron chi connectivity index (χ1n) is 7.67. The summed E-state index contributed by atoms with van der Waals surface area (Å²) < 4.78 is 1.61. The van der Waals surface area contributed by atoms with E-state index in [1.54, 1.807) is 4.68 Å². The Kier molecular flexibility index (Phi) is 4.19. The van der Waals surface area contributed by atoms with E-state index in [0.717, 1.165) is 49.1 Å². The van der Waals surface area contributed by atoms with Crippen LogP contribution in [0.4, 0.5) is 5.13 Å². The number of hydrogen-bond acceptors (Lipinski definition) is 6. The lowest BCUT2D eigenvalue weighted by Gasteiger charge is -2.34. The van der Waals surface area contributed by atoms with Gasteiger partial charge in [-0.3, -0.25) is 10.1 Å². The first-order valence-corrected chi connectivity index (χ1v) is 8.48. The fourth-order valence-corrected chi connectivity index (χ4v) is 3.97. The minimum Gasteiger partial charge on any atom is -0.300 e. The van der Waals surface area contributed by atoms with Crippen molar-refractivity contribution in [3.05, 3.63) is 16.9 Å². The highest BCUT2D eigenvalue weighted by Crippen LogP contribution is 2.36. The van der Waals surface area contributed by atoms with Crippen molar-refractivity contribution in [2.24, 2.45) is 0 Å². The van der Waals surface area contributed by atoms with E-state index < -0.39 is 5.54 Å². The summed E-state index contributed by atoms with van der Waals surface area (Å²) in [6, 6.07) is 0. The summed E-state index contributed by atoms with van der Waals surface area (Å²) in [6.45, 7) is 4.10. The smallest absolute Gasteiger partial charge is 0.254 e. The molecule has 1 amide bonds. The zero-order valence-corrected chi connectivity index (χ0v) is 13.7. The quantitative estimate of drug-likeness (QED) is 0.934. The Morgan fingerprint density at radius 1 is 1.41 bits per heavy atom. The van der Waals surface area contributed by atoms with E-state index in [9.17, 15) is 4.79 Å². The average Bonchev–Trinajstić information content (AvgIpc) is 3.17. The molecule has 1 aliphatic carbocycles. The van der Waals surface area contributed by atoms with Gasteiger partial charge in [0.25, 0.3) is 5.91 Å². The Labute approximate surface area is 133 Å². The van der Waals surface area contributed by atoms with Crippen LogP contribution in [0, 0.1) is 6.92 Å². The van der Waals surface area contributed by atoms with Crippen LogP contribution >= 0.6 is 11.3 Å². The molecule has 1 fully saturated rings. The van der Waals surface area contributed by atoms with Crippen molar-refractivity contribution in [2.45, 2.75) is 57.9 Å². The van der Waals surface area contributed by atoms with Crippen LogP contribution in [0.2, 0.25) is 0 Å². The number of carbonyl (C=O) groups is 1. The zero-order chi connectivity index (χ0) is 15.6. The fourth-order valence-electron chi connectivity index (χ4n) is 3.08. The van der Waals surface area contributed by atoms with Gasteiger partial charge in [0.15, 0.2) is 5.13 Å². The minimum absolute atomic E-state index is 0.0593. The Balaban J connectivity index is 1.86. The van der Waals surface area contributed by atoms with Crippen molar-refractivity contribution >= 4 is 22.4 Å². The molecule has 2 heterocycles.